The quantitative estimate of drug-likeness (QED) is 0.265. The number of benzene rings is 2. The molecule has 0 saturated carbocycles. The van der Waals surface area contributed by atoms with Crippen molar-refractivity contribution in [1.29, 1.82) is 0 Å². The number of sulfonamides is 1. The van der Waals surface area contributed by atoms with Gasteiger partial charge in [0, 0.05) is 14.1 Å². The second-order valence-electron chi connectivity index (χ2n) is 7.37. The van der Waals surface area contributed by atoms with Crippen LogP contribution in [0.2, 0.25) is 0 Å². The molecule has 32 heavy (non-hydrogen) atoms. The zero-order valence-corrected chi connectivity index (χ0v) is 21.6. The number of aliphatic imine (C=N–C) groups is 1. The predicted octanol–water partition coefficient (Wildman–Crippen LogP) is 2.28. The predicted molar refractivity (Wildman–Crippen MR) is 134 cm³/mol. The van der Waals surface area contributed by atoms with Crippen LogP contribution >= 0.6 is 24.0 Å². The number of amides is 1. The Morgan fingerprint density at radius 1 is 1.19 bits per heavy atom. The normalized spacial score (nSPS) is 12.5. The Morgan fingerprint density at radius 3 is 2.34 bits per heavy atom. The highest BCUT2D eigenvalue weighted by Gasteiger charge is 2.12. The van der Waals surface area contributed by atoms with E-state index in [0.29, 0.717) is 11.5 Å². The van der Waals surface area contributed by atoms with Crippen molar-refractivity contribution in [3.8, 4) is 0 Å². The van der Waals surface area contributed by atoms with Crippen molar-refractivity contribution in [1.82, 2.24) is 15.5 Å². The molecule has 0 aliphatic heterocycles. The summed E-state index contributed by atoms with van der Waals surface area (Å²) >= 11 is 0. The summed E-state index contributed by atoms with van der Waals surface area (Å²) in [5.74, 6) is -0.0735. The lowest BCUT2D eigenvalue weighted by Gasteiger charge is -2.20. The van der Waals surface area contributed by atoms with Crippen LogP contribution in [0.4, 0.5) is 4.39 Å². The lowest BCUT2D eigenvalue weighted by atomic mass is 10.1. The molecule has 176 valence electrons. The smallest absolute Gasteiger partial charge is 0.241 e. The van der Waals surface area contributed by atoms with Crippen LogP contribution < -0.4 is 15.8 Å². The molecule has 0 heterocycles. The lowest BCUT2D eigenvalue weighted by molar-refractivity contribution is -0.127. The first-order valence-electron chi connectivity index (χ1n) is 9.60. The number of hydrogen-bond acceptors (Lipinski definition) is 4. The summed E-state index contributed by atoms with van der Waals surface area (Å²) in [5.41, 5.74) is 2.04. The van der Waals surface area contributed by atoms with E-state index in [-0.39, 0.29) is 59.7 Å². The molecule has 0 radical (unpaired) electrons. The van der Waals surface area contributed by atoms with Crippen molar-refractivity contribution in [2.75, 3.05) is 20.6 Å². The van der Waals surface area contributed by atoms with Crippen LogP contribution in [0.1, 0.15) is 29.7 Å². The summed E-state index contributed by atoms with van der Waals surface area (Å²) in [6, 6.07) is 10.8. The number of guanidine groups is 1. The van der Waals surface area contributed by atoms with E-state index in [1.54, 1.807) is 39.2 Å². The average molecular weight is 577 g/mol. The van der Waals surface area contributed by atoms with Gasteiger partial charge in [0.25, 0.3) is 0 Å². The van der Waals surface area contributed by atoms with Crippen LogP contribution in [-0.2, 0) is 21.4 Å². The number of likely N-dealkylation sites (N-methyl/N-ethyl adjacent to an activating group) is 1. The van der Waals surface area contributed by atoms with E-state index in [4.69, 9.17) is 5.14 Å². The molecule has 0 saturated heterocycles. The molecule has 0 fully saturated rings. The summed E-state index contributed by atoms with van der Waals surface area (Å²) in [6.45, 7) is 3.80. The van der Waals surface area contributed by atoms with E-state index >= 15 is 0 Å². The van der Waals surface area contributed by atoms with Crippen molar-refractivity contribution >= 4 is 45.9 Å². The molecule has 4 N–H and O–H groups in total. The van der Waals surface area contributed by atoms with E-state index in [1.807, 2.05) is 13.0 Å². The molecule has 11 heteroatoms. The van der Waals surface area contributed by atoms with Crippen molar-refractivity contribution in [3.63, 3.8) is 0 Å². The largest absolute Gasteiger partial charge is 0.350 e. The van der Waals surface area contributed by atoms with E-state index in [2.05, 4.69) is 15.6 Å². The molecule has 0 spiro atoms. The second kappa shape index (κ2) is 12.1. The van der Waals surface area contributed by atoms with Gasteiger partial charge >= 0.3 is 0 Å². The minimum atomic E-state index is -3.76. The molecule has 0 aliphatic rings. The number of hydrogen-bond donors (Lipinski definition) is 3. The van der Waals surface area contributed by atoms with Gasteiger partial charge in [-0.05, 0) is 48.7 Å². The van der Waals surface area contributed by atoms with Gasteiger partial charge in [0.2, 0.25) is 15.9 Å². The molecular weight excluding hydrogens is 548 g/mol. The SMILES string of the molecule is Cc1ccc(C(C)NC(=NCc2ccc(S(N)(=O)=O)cc2)NCC(=O)N(C)C)cc1F.I. The molecule has 1 atom stereocenters. The van der Waals surface area contributed by atoms with Crippen LogP contribution in [0.25, 0.3) is 0 Å². The molecule has 2 aromatic rings. The first-order valence-corrected chi connectivity index (χ1v) is 11.1. The lowest BCUT2D eigenvalue weighted by Crippen LogP contribution is -2.43. The maximum atomic E-state index is 13.9. The topological polar surface area (TPSA) is 117 Å². The first kappa shape index (κ1) is 27.8. The number of rotatable bonds is 7. The number of halogens is 2. The van der Waals surface area contributed by atoms with Crippen LogP contribution in [-0.4, -0.2) is 45.8 Å². The van der Waals surface area contributed by atoms with Crippen molar-refractivity contribution in [3.05, 3.63) is 65.0 Å². The summed E-state index contributed by atoms with van der Waals surface area (Å²) in [6.07, 6.45) is 0. The van der Waals surface area contributed by atoms with Crippen LogP contribution in [0.3, 0.4) is 0 Å². The van der Waals surface area contributed by atoms with Gasteiger partial charge in [-0.2, -0.15) is 0 Å². The van der Waals surface area contributed by atoms with Crippen molar-refractivity contribution in [2.24, 2.45) is 10.1 Å². The fourth-order valence-corrected chi connectivity index (χ4v) is 3.11. The monoisotopic (exact) mass is 577 g/mol. The van der Waals surface area contributed by atoms with Crippen LogP contribution in [0.5, 0.6) is 0 Å². The summed E-state index contributed by atoms with van der Waals surface area (Å²) in [5, 5.41) is 11.3. The Balaban J connectivity index is 0.00000512. The van der Waals surface area contributed by atoms with Crippen molar-refractivity contribution < 1.29 is 17.6 Å². The zero-order valence-electron chi connectivity index (χ0n) is 18.4. The van der Waals surface area contributed by atoms with Crippen LogP contribution in [0.15, 0.2) is 52.4 Å². The number of nitrogens with one attached hydrogen (secondary N) is 2. The Hall–Kier alpha value is -2.25. The van der Waals surface area contributed by atoms with Gasteiger partial charge in [-0.25, -0.2) is 22.9 Å². The molecule has 1 unspecified atom stereocenters. The van der Waals surface area contributed by atoms with E-state index in [9.17, 15) is 17.6 Å². The zero-order chi connectivity index (χ0) is 23.2. The maximum absolute atomic E-state index is 13.9. The summed E-state index contributed by atoms with van der Waals surface area (Å²) in [7, 11) is -0.460. The highest BCUT2D eigenvalue weighted by molar-refractivity contribution is 14.0. The Kier molecular flexibility index (Phi) is 10.5. The molecule has 2 aromatic carbocycles. The molecule has 1 amide bonds. The van der Waals surface area contributed by atoms with Crippen LogP contribution in [0, 0.1) is 12.7 Å². The number of aryl methyl sites for hydroxylation is 1. The molecule has 2 rings (SSSR count). The second-order valence-corrected chi connectivity index (χ2v) is 8.93. The minimum Gasteiger partial charge on any atom is -0.350 e. The Morgan fingerprint density at radius 2 is 1.81 bits per heavy atom. The van der Waals surface area contributed by atoms with Gasteiger partial charge in [0.1, 0.15) is 5.82 Å². The standard InChI is InChI=1S/C21H28FN5O3S.HI/c1-14-5-8-17(11-19(14)22)15(2)26-21(25-13-20(28)27(3)4)24-12-16-6-9-18(10-7-16)31(23,29)30;/h5-11,15H,12-13H2,1-4H3,(H2,23,29,30)(H2,24,25,26);1H. The van der Waals surface area contributed by atoms with Gasteiger partial charge in [0.05, 0.1) is 24.0 Å². The summed E-state index contributed by atoms with van der Waals surface area (Å²) in [4.78, 5) is 17.9. The highest BCUT2D eigenvalue weighted by Crippen LogP contribution is 2.16. The maximum Gasteiger partial charge on any atom is 0.241 e. The molecular formula is C21H29FIN5O3S. The first-order chi connectivity index (χ1) is 14.5. The van der Waals surface area contributed by atoms with Gasteiger partial charge < -0.3 is 15.5 Å². The van der Waals surface area contributed by atoms with Gasteiger partial charge in [-0.3, -0.25) is 4.79 Å². The highest BCUT2D eigenvalue weighted by atomic mass is 127. The van der Waals surface area contributed by atoms with E-state index in [0.717, 1.165) is 11.1 Å². The molecule has 0 aliphatic carbocycles. The number of carbonyl (C=O) groups excluding carboxylic acids is 1. The molecule has 0 aromatic heterocycles. The third kappa shape index (κ3) is 8.36. The molecule has 0 bridgehead atoms. The number of carbonyl (C=O) groups is 1. The third-order valence-electron chi connectivity index (χ3n) is 4.63. The molecule has 8 nitrogen and oxygen atoms in total. The number of nitrogens with zero attached hydrogens (tertiary/aromatic N) is 2. The fraction of sp³-hybridized carbons (Fsp3) is 0.333. The summed E-state index contributed by atoms with van der Waals surface area (Å²) < 4.78 is 36.7. The minimum absolute atomic E-state index is 0. The van der Waals surface area contributed by atoms with E-state index in [1.165, 1.54) is 23.1 Å². The fourth-order valence-electron chi connectivity index (χ4n) is 2.59. The van der Waals surface area contributed by atoms with E-state index < -0.39 is 10.0 Å². The van der Waals surface area contributed by atoms with Gasteiger partial charge in [-0.1, -0.05) is 24.3 Å². The average Bonchev–Trinajstić information content (AvgIpc) is 2.71. The number of primary sulfonamides is 1. The Labute approximate surface area is 205 Å². The number of nitrogens with two attached hydrogens (primary N) is 1. The third-order valence-corrected chi connectivity index (χ3v) is 5.56. The van der Waals surface area contributed by atoms with Gasteiger partial charge in [0.15, 0.2) is 5.96 Å². The van der Waals surface area contributed by atoms with Crippen molar-refractivity contribution in [2.45, 2.75) is 31.3 Å². The van der Waals surface area contributed by atoms with Gasteiger partial charge in [-0.15, -0.1) is 24.0 Å². The Bertz CT molecular complexity index is 1060.